The van der Waals surface area contributed by atoms with Gasteiger partial charge >= 0.3 is 0 Å². The van der Waals surface area contributed by atoms with E-state index < -0.39 is 0 Å². The normalized spacial score (nSPS) is 17.7. The molecule has 2 aromatic carbocycles. The molecule has 0 bridgehead atoms. The monoisotopic (exact) mass is 285 g/mol. The van der Waals surface area contributed by atoms with Gasteiger partial charge in [0.05, 0.1) is 25.4 Å². The molecular weight excluding hydrogens is 269 g/mol. The van der Waals surface area contributed by atoms with Crippen LogP contribution in [-0.2, 0) is 0 Å². The van der Waals surface area contributed by atoms with Crippen LogP contribution in [0.15, 0.2) is 53.5 Å². The van der Waals surface area contributed by atoms with Gasteiger partial charge in [0, 0.05) is 0 Å². The first-order valence-electron chi connectivity index (χ1n) is 6.68. The van der Waals surface area contributed by atoms with Crippen LogP contribution in [0, 0.1) is 5.82 Å². The van der Waals surface area contributed by atoms with Crippen LogP contribution in [0.2, 0.25) is 0 Å². The van der Waals surface area contributed by atoms with E-state index in [1.165, 1.54) is 6.07 Å². The summed E-state index contributed by atoms with van der Waals surface area (Å²) >= 11 is 0. The molecular formula is C16H16FN3O. The third kappa shape index (κ3) is 2.42. The SMILES string of the molecule is COc1ccc(C2CN=C(N)N2c2ccccc2F)cc1. The number of anilines is 1. The summed E-state index contributed by atoms with van der Waals surface area (Å²) in [4.78, 5) is 5.99. The van der Waals surface area contributed by atoms with E-state index in [1.54, 1.807) is 30.2 Å². The summed E-state index contributed by atoms with van der Waals surface area (Å²) in [5, 5.41) is 0. The summed E-state index contributed by atoms with van der Waals surface area (Å²) in [6, 6.07) is 14.1. The number of halogens is 1. The second kappa shape index (κ2) is 5.44. The Labute approximate surface area is 122 Å². The maximum atomic E-state index is 14.1. The lowest BCUT2D eigenvalue weighted by Gasteiger charge is -2.27. The molecule has 1 aliphatic rings. The van der Waals surface area contributed by atoms with Crippen LogP contribution in [0.5, 0.6) is 5.75 Å². The summed E-state index contributed by atoms with van der Waals surface area (Å²) in [5.41, 5.74) is 7.41. The van der Waals surface area contributed by atoms with E-state index in [4.69, 9.17) is 10.5 Å². The van der Waals surface area contributed by atoms with Crippen LogP contribution in [-0.4, -0.2) is 19.6 Å². The van der Waals surface area contributed by atoms with E-state index in [1.807, 2.05) is 24.3 Å². The number of hydrogen-bond acceptors (Lipinski definition) is 4. The number of ether oxygens (including phenoxy) is 1. The first-order valence-corrected chi connectivity index (χ1v) is 6.68. The van der Waals surface area contributed by atoms with Gasteiger partial charge in [-0.25, -0.2) is 4.39 Å². The molecule has 108 valence electrons. The number of benzene rings is 2. The van der Waals surface area contributed by atoms with Crippen molar-refractivity contribution in [1.29, 1.82) is 0 Å². The fraction of sp³-hybridized carbons (Fsp3) is 0.188. The minimum atomic E-state index is -0.309. The predicted octanol–water partition coefficient (Wildman–Crippen LogP) is 2.71. The molecule has 3 rings (SSSR count). The minimum absolute atomic E-state index is 0.104. The van der Waals surface area contributed by atoms with Crippen LogP contribution in [0.3, 0.4) is 0 Å². The molecule has 1 unspecified atom stereocenters. The number of methoxy groups -OCH3 is 1. The summed E-state index contributed by atoms with van der Waals surface area (Å²) in [5.74, 6) is 0.806. The van der Waals surface area contributed by atoms with Gasteiger partial charge in [0.25, 0.3) is 0 Å². The zero-order valence-electron chi connectivity index (χ0n) is 11.7. The van der Waals surface area contributed by atoms with Crippen molar-refractivity contribution in [2.75, 3.05) is 18.6 Å². The van der Waals surface area contributed by atoms with Crippen molar-refractivity contribution in [3.63, 3.8) is 0 Å². The molecule has 1 atom stereocenters. The van der Waals surface area contributed by atoms with Gasteiger partial charge in [-0.3, -0.25) is 4.99 Å². The Balaban J connectivity index is 1.97. The average Bonchev–Trinajstić information content (AvgIpc) is 2.89. The van der Waals surface area contributed by atoms with E-state index in [2.05, 4.69) is 4.99 Å². The highest BCUT2D eigenvalue weighted by Gasteiger charge is 2.30. The van der Waals surface area contributed by atoms with E-state index in [0.717, 1.165) is 11.3 Å². The molecule has 0 radical (unpaired) electrons. The van der Waals surface area contributed by atoms with Gasteiger partial charge in [-0.15, -0.1) is 0 Å². The van der Waals surface area contributed by atoms with Crippen LogP contribution in [0.4, 0.5) is 10.1 Å². The van der Waals surface area contributed by atoms with Gasteiger partial charge in [0.15, 0.2) is 5.96 Å². The van der Waals surface area contributed by atoms with Crippen molar-refractivity contribution in [2.24, 2.45) is 10.7 Å². The molecule has 0 spiro atoms. The molecule has 0 saturated heterocycles. The van der Waals surface area contributed by atoms with Crippen molar-refractivity contribution in [1.82, 2.24) is 0 Å². The van der Waals surface area contributed by atoms with Gasteiger partial charge in [0.2, 0.25) is 0 Å². The average molecular weight is 285 g/mol. The molecule has 1 aliphatic heterocycles. The van der Waals surface area contributed by atoms with E-state index >= 15 is 0 Å². The molecule has 2 N–H and O–H groups in total. The topological polar surface area (TPSA) is 50.9 Å². The molecule has 2 aromatic rings. The molecule has 5 heteroatoms. The Hall–Kier alpha value is -2.56. The van der Waals surface area contributed by atoms with Crippen LogP contribution in [0.1, 0.15) is 11.6 Å². The van der Waals surface area contributed by atoms with Crippen molar-refractivity contribution in [2.45, 2.75) is 6.04 Å². The van der Waals surface area contributed by atoms with Gasteiger partial charge in [-0.05, 0) is 29.8 Å². The number of aliphatic imine (C=N–C) groups is 1. The molecule has 0 aromatic heterocycles. The van der Waals surface area contributed by atoms with E-state index in [-0.39, 0.29) is 11.9 Å². The molecule has 1 heterocycles. The smallest absolute Gasteiger partial charge is 0.196 e. The van der Waals surface area contributed by atoms with Crippen molar-refractivity contribution < 1.29 is 9.13 Å². The second-order valence-corrected chi connectivity index (χ2v) is 4.81. The predicted molar refractivity (Wildman–Crippen MR) is 81.1 cm³/mol. The number of rotatable bonds is 3. The largest absolute Gasteiger partial charge is 0.497 e. The Morgan fingerprint density at radius 2 is 1.90 bits per heavy atom. The summed E-state index contributed by atoms with van der Waals surface area (Å²) < 4.78 is 19.2. The summed E-state index contributed by atoms with van der Waals surface area (Å²) in [7, 11) is 1.62. The number of nitrogens with zero attached hydrogens (tertiary/aromatic N) is 2. The summed E-state index contributed by atoms with van der Waals surface area (Å²) in [6.07, 6.45) is 0. The Bertz CT molecular complexity index is 669. The van der Waals surface area contributed by atoms with Gasteiger partial charge in [0.1, 0.15) is 11.6 Å². The second-order valence-electron chi connectivity index (χ2n) is 4.81. The Morgan fingerprint density at radius 3 is 2.57 bits per heavy atom. The first kappa shape index (κ1) is 13.4. The molecule has 4 nitrogen and oxygen atoms in total. The van der Waals surface area contributed by atoms with E-state index in [9.17, 15) is 4.39 Å². The van der Waals surface area contributed by atoms with Gasteiger partial charge < -0.3 is 15.4 Å². The number of para-hydroxylation sites is 1. The molecule has 0 saturated carbocycles. The molecule has 0 aliphatic carbocycles. The third-order valence-corrected chi connectivity index (χ3v) is 3.60. The highest BCUT2D eigenvalue weighted by atomic mass is 19.1. The summed E-state index contributed by atoms with van der Waals surface area (Å²) in [6.45, 7) is 0.506. The van der Waals surface area contributed by atoms with Crippen molar-refractivity contribution in [3.05, 3.63) is 59.9 Å². The maximum absolute atomic E-state index is 14.1. The van der Waals surface area contributed by atoms with Gasteiger partial charge in [-0.2, -0.15) is 0 Å². The van der Waals surface area contributed by atoms with Gasteiger partial charge in [-0.1, -0.05) is 24.3 Å². The van der Waals surface area contributed by atoms with Crippen LogP contribution < -0.4 is 15.4 Å². The van der Waals surface area contributed by atoms with E-state index in [0.29, 0.717) is 18.2 Å². The van der Waals surface area contributed by atoms with Crippen LogP contribution in [0.25, 0.3) is 0 Å². The maximum Gasteiger partial charge on any atom is 0.196 e. The zero-order chi connectivity index (χ0) is 14.8. The quantitative estimate of drug-likeness (QED) is 0.943. The fourth-order valence-electron chi connectivity index (χ4n) is 2.52. The molecule has 0 fully saturated rings. The zero-order valence-corrected chi connectivity index (χ0v) is 11.7. The fourth-order valence-corrected chi connectivity index (χ4v) is 2.52. The number of hydrogen-bond donors (Lipinski definition) is 1. The standard InChI is InChI=1S/C16H16FN3O/c1-21-12-8-6-11(7-9-12)15-10-19-16(18)20(15)14-5-3-2-4-13(14)17/h2-9,15H,10H2,1H3,(H2,18,19). The highest BCUT2D eigenvalue weighted by Crippen LogP contribution is 2.33. The lowest BCUT2D eigenvalue weighted by Crippen LogP contribution is -2.36. The first-order chi connectivity index (χ1) is 10.2. The molecule has 0 amide bonds. The number of guanidine groups is 1. The van der Waals surface area contributed by atoms with Crippen molar-refractivity contribution in [3.8, 4) is 5.75 Å². The highest BCUT2D eigenvalue weighted by molar-refractivity contribution is 5.97. The molecule has 21 heavy (non-hydrogen) atoms. The lowest BCUT2D eigenvalue weighted by molar-refractivity contribution is 0.414. The third-order valence-electron chi connectivity index (χ3n) is 3.60. The van der Waals surface area contributed by atoms with Crippen molar-refractivity contribution >= 4 is 11.6 Å². The Kier molecular flexibility index (Phi) is 3.48. The van der Waals surface area contributed by atoms with Crippen LogP contribution >= 0.6 is 0 Å². The minimum Gasteiger partial charge on any atom is -0.497 e. The number of nitrogens with two attached hydrogens (primary N) is 1. The lowest BCUT2D eigenvalue weighted by atomic mass is 10.1. The Morgan fingerprint density at radius 1 is 1.19 bits per heavy atom.